The second-order valence-corrected chi connectivity index (χ2v) is 8.92. The second-order valence-electron chi connectivity index (χ2n) is 8.92. The van der Waals surface area contributed by atoms with Crippen LogP contribution in [-0.4, -0.2) is 55.9 Å². The van der Waals surface area contributed by atoms with Gasteiger partial charge in [0.05, 0.1) is 45.5 Å². The highest BCUT2D eigenvalue weighted by atomic mass is 16.5. The molecule has 1 aliphatic heterocycles. The summed E-state index contributed by atoms with van der Waals surface area (Å²) in [5.74, 6) is -0.223. The van der Waals surface area contributed by atoms with E-state index in [2.05, 4.69) is 5.10 Å². The number of morpholine rings is 1. The summed E-state index contributed by atoms with van der Waals surface area (Å²) in [5.41, 5.74) is 10.8. The van der Waals surface area contributed by atoms with Crippen LogP contribution in [0.2, 0.25) is 0 Å². The van der Waals surface area contributed by atoms with E-state index in [0.29, 0.717) is 37.4 Å². The number of hydrogen-bond donors (Lipinski definition) is 1. The number of carbonyl (C=O) groups is 2. The number of fused-ring (bicyclic) bond motifs is 1. The Morgan fingerprint density at radius 2 is 1.88 bits per heavy atom. The third-order valence-corrected chi connectivity index (χ3v) is 6.49. The number of esters is 1. The van der Waals surface area contributed by atoms with Crippen LogP contribution in [0.5, 0.6) is 0 Å². The molecule has 180 valence electrons. The number of nitrogens with two attached hydrogens (primary N) is 1. The van der Waals surface area contributed by atoms with Gasteiger partial charge >= 0.3 is 5.97 Å². The minimum Gasteiger partial charge on any atom is -0.466 e. The third-order valence-electron chi connectivity index (χ3n) is 6.49. The molecule has 2 aromatic carbocycles. The lowest BCUT2D eigenvalue weighted by Crippen LogP contribution is -2.32. The van der Waals surface area contributed by atoms with Crippen molar-refractivity contribution in [3.8, 4) is 0 Å². The minimum absolute atomic E-state index is 0.0206. The number of nitrogens with zero attached hydrogens (tertiary/aromatic N) is 2. The Hall–Kier alpha value is -3.03. The molecular weight excluding hydrogens is 430 g/mol. The van der Waals surface area contributed by atoms with Gasteiger partial charge in [-0.05, 0) is 47.9 Å². The zero-order valence-corrected chi connectivity index (χ0v) is 19.7. The van der Waals surface area contributed by atoms with Crippen LogP contribution in [-0.2, 0) is 20.7 Å². The molecule has 7 nitrogen and oxygen atoms in total. The lowest BCUT2D eigenvalue weighted by atomic mass is 9.77. The van der Waals surface area contributed by atoms with Crippen LogP contribution >= 0.6 is 0 Å². The van der Waals surface area contributed by atoms with Gasteiger partial charge in [0.25, 0.3) is 0 Å². The smallest absolute Gasteiger partial charge is 0.306 e. The Morgan fingerprint density at radius 1 is 1.15 bits per heavy atom. The monoisotopic (exact) mass is 463 g/mol. The average molecular weight is 464 g/mol. The number of aryl methyl sites for hydroxylation is 1. The molecule has 2 unspecified atom stereocenters. The van der Waals surface area contributed by atoms with E-state index in [1.165, 1.54) is 0 Å². The van der Waals surface area contributed by atoms with Crippen molar-refractivity contribution in [1.29, 1.82) is 0 Å². The fourth-order valence-electron chi connectivity index (χ4n) is 4.47. The number of ether oxygens (including phenoxy) is 2. The van der Waals surface area contributed by atoms with Crippen LogP contribution in [0.3, 0.4) is 0 Å². The number of rotatable bonds is 8. The highest BCUT2D eigenvalue weighted by molar-refractivity contribution is 6.09. The van der Waals surface area contributed by atoms with E-state index >= 15 is 0 Å². The van der Waals surface area contributed by atoms with Gasteiger partial charge in [0.15, 0.2) is 5.78 Å². The first kappa shape index (κ1) is 24.1. The minimum atomic E-state index is -0.288. The van der Waals surface area contributed by atoms with E-state index in [4.69, 9.17) is 15.2 Å². The van der Waals surface area contributed by atoms with Gasteiger partial charge in [-0.25, -0.2) is 0 Å². The van der Waals surface area contributed by atoms with Gasteiger partial charge in [0.1, 0.15) is 0 Å². The molecule has 1 fully saturated rings. The predicted molar refractivity (Wildman–Crippen MR) is 131 cm³/mol. The maximum absolute atomic E-state index is 13.2. The van der Waals surface area contributed by atoms with Crippen molar-refractivity contribution >= 4 is 18.0 Å². The maximum atomic E-state index is 13.2. The van der Waals surface area contributed by atoms with E-state index in [-0.39, 0.29) is 23.7 Å². The van der Waals surface area contributed by atoms with Gasteiger partial charge in [-0.3, -0.25) is 14.6 Å². The molecule has 2 N–H and O–H groups in total. The lowest BCUT2D eigenvalue weighted by molar-refractivity contribution is -0.145. The van der Waals surface area contributed by atoms with E-state index < -0.39 is 0 Å². The number of benzene rings is 2. The Morgan fingerprint density at radius 3 is 2.62 bits per heavy atom. The predicted octanol–water partition coefficient (Wildman–Crippen LogP) is 3.49. The molecule has 4 rings (SSSR count). The Kier molecular flexibility index (Phi) is 8.08. The summed E-state index contributed by atoms with van der Waals surface area (Å²) in [7, 11) is 0. The molecule has 2 atom stereocenters. The van der Waals surface area contributed by atoms with Crippen LogP contribution in [0.4, 0.5) is 0 Å². The molecule has 0 saturated carbocycles. The summed E-state index contributed by atoms with van der Waals surface area (Å²) in [6.45, 7) is 5.37. The third kappa shape index (κ3) is 5.90. The second kappa shape index (κ2) is 11.4. The molecule has 7 heteroatoms. The van der Waals surface area contributed by atoms with Crippen LogP contribution in [0.25, 0.3) is 0 Å². The fourth-order valence-corrected chi connectivity index (χ4v) is 4.47. The van der Waals surface area contributed by atoms with Crippen molar-refractivity contribution in [1.82, 2.24) is 5.01 Å². The quantitative estimate of drug-likeness (QED) is 0.366. The van der Waals surface area contributed by atoms with Gasteiger partial charge < -0.3 is 15.2 Å². The normalized spacial score (nSPS) is 20.2. The fraction of sp³-hybridized carbons (Fsp3) is 0.444. The van der Waals surface area contributed by atoms with Gasteiger partial charge in [-0.2, -0.15) is 5.10 Å². The lowest BCUT2D eigenvalue weighted by Gasteiger charge is -2.31. The first-order valence-electron chi connectivity index (χ1n) is 12.1. The summed E-state index contributed by atoms with van der Waals surface area (Å²) in [6, 6.07) is 12.9. The number of hydrazone groups is 1. The molecule has 1 saturated heterocycles. The Bertz CT molecular complexity index is 1030. The van der Waals surface area contributed by atoms with E-state index in [1.807, 2.05) is 60.6 Å². The van der Waals surface area contributed by atoms with Crippen molar-refractivity contribution in [2.24, 2.45) is 16.8 Å². The van der Waals surface area contributed by atoms with Crippen molar-refractivity contribution in [2.75, 3.05) is 32.9 Å². The zero-order valence-electron chi connectivity index (χ0n) is 19.7. The van der Waals surface area contributed by atoms with Crippen molar-refractivity contribution < 1.29 is 19.1 Å². The van der Waals surface area contributed by atoms with E-state index in [1.54, 1.807) is 0 Å². The standard InChI is InChI=1S/C27H33N3O4/c1-2-13-34-25(31)17-22-9-7-20-8-10-23(16-24(20)26(22)28)27(32)21-5-3-19(4-6-21)18-29-30-11-14-33-15-12-30/h3-6,8,10,16,18,22,26H,2,7,9,11-15,17,28H2,1H3. The van der Waals surface area contributed by atoms with Crippen LogP contribution in [0.15, 0.2) is 47.6 Å². The molecule has 2 aliphatic rings. The van der Waals surface area contributed by atoms with Crippen LogP contribution in [0.1, 0.15) is 64.8 Å². The number of carbonyl (C=O) groups excluding carboxylic acids is 2. The number of ketones is 1. The maximum Gasteiger partial charge on any atom is 0.306 e. The summed E-state index contributed by atoms with van der Waals surface area (Å²) in [5, 5.41) is 6.46. The first-order chi connectivity index (χ1) is 16.5. The van der Waals surface area contributed by atoms with Crippen molar-refractivity contribution in [3.63, 3.8) is 0 Å². The molecule has 0 spiro atoms. The van der Waals surface area contributed by atoms with Gasteiger partial charge in [0.2, 0.25) is 0 Å². The number of hydrogen-bond acceptors (Lipinski definition) is 7. The molecular formula is C27H33N3O4. The summed E-state index contributed by atoms with van der Waals surface area (Å²) < 4.78 is 10.6. The molecule has 0 bridgehead atoms. The summed E-state index contributed by atoms with van der Waals surface area (Å²) in [6.07, 6.45) is 4.62. The summed E-state index contributed by atoms with van der Waals surface area (Å²) >= 11 is 0. The first-order valence-corrected chi connectivity index (χ1v) is 12.1. The molecule has 0 aromatic heterocycles. The Balaban J connectivity index is 1.43. The van der Waals surface area contributed by atoms with Gasteiger partial charge in [-0.15, -0.1) is 0 Å². The van der Waals surface area contributed by atoms with Crippen LogP contribution in [0, 0.1) is 5.92 Å². The summed E-state index contributed by atoms with van der Waals surface area (Å²) in [4.78, 5) is 25.3. The average Bonchev–Trinajstić information content (AvgIpc) is 2.88. The molecule has 2 aromatic rings. The highest BCUT2D eigenvalue weighted by Crippen LogP contribution is 2.35. The zero-order chi connectivity index (χ0) is 23.9. The molecule has 1 heterocycles. The SMILES string of the molecule is CCCOC(=O)CC1CCc2ccc(C(=O)c3ccc(C=NN4CCOCC4)cc3)cc2C1N. The Labute approximate surface area is 200 Å². The molecule has 0 radical (unpaired) electrons. The molecule has 0 amide bonds. The van der Waals surface area contributed by atoms with Crippen molar-refractivity contribution in [2.45, 2.75) is 38.6 Å². The van der Waals surface area contributed by atoms with Crippen LogP contribution < -0.4 is 5.73 Å². The molecule has 34 heavy (non-hydrogen) atoms. The molecule has 1 aliphatic carbocycles. The van der Waals surface area contributed by atoms with Crippen molar-refractivity contribution in [3.05, 3.63) is 70.3 Å². The topological polar surface area (TPSA) is 94.2 Å². The van der Waals surface area contributed by atoms with E-state index in [0.717, 1.165) is 49.0 Å². The van der Waals surface area contributed by atoms with Gasteiger partial charge in [-0.1, -0.05) is 43.3 Å². The largest absolute Gasteiger partial charge is 0.466 e. The van der Waals surface area contributed by atoms with E-state index in [9.17, 15) is 9.59 Å². The van der Waals surface area contributed by atoms with Gasteiger partial charge in [0, 0.05) is 17.2 Å². The highest BCUT2D eigenvalue weighted by Gasteiger charge is 2.29.